The fourth-order valence-electron chi connectivity index (χ4n) is 3.01. The number of aryl methyl sites for hydroxylation is 1. The third-order valence-corrected chi connectivity index (χ3v) is 4.45. The highest BCUT2D eigenvalue weighted by Crippen LogP contribution is 2.23. The first kappa shape index (κ1) is 14.7. The van der Waals surface area contributed by atoms with Gasteiger partial charge in [0.2, 0.25) is 5.65 Å². The maximum atomic E-state index is 4.72. The zero-order valence-corrected chi connectivity index (χ0v) is 14.2. The number of hydrogen-bond donors (Lipinski definition) is 0. The molecule has 0 spiro atoms. The molecule has 0 N–H and O–H groups in total. The molecule has 0 aromatic carbocycles. The summed E-state index contributed by atoms with van der Waals surface area (Å²) in [4.78, 5) is 13.4. The summed E-state index contributed by atoms with van der Waals surface area (Å²) in [5.74, 6) is 0. The summed E-state index contributed by atoms with van der Waals surface area (Å²) in [6.45, 7) is 2.06. The second-order valence-electron chi connectivity index (χ2n) is 6.17. The Labute approximate surface area is 148 Å². The van der Waals surface area contributed by atoms with E-state index in [9.17, 15) is 0 Å². The van der Waals surface area contributed by atoms with Gasteiger partial charge in [-0.15, -0.1) is 5.10 Å². The van der Waals surface area contributed by atoms with Crippen LogP contribution in [0.3, 0.4) is 0 Å². The third-order valence-electron chi connectivity index (χ3n) is 4.45. The van der Waals surface area contributed by atoms with Gasteiger partial charge in [0.25, 0.3) is 0 Å². The Bertz CT molecular complexity index is 1230. The van der Waals surface area contributed by atoms with Crippen molar-refractivity contribution in [3.05, 3.63) is 54.9 Å². The number of fused-ring (bicyclic) bond motifs is 2. The van der Waals surface area contributed by atoms with Crippen molar-refractivity contribution >= 4 is 16.9 Å². The molecule has 128 valence electrons. The first-order valence-electron chi connectivity index (χ1n) is 8.18. The van der Waals surface area contributed by atoms with Gasteiger partial charge in [-0.1, -0.05) is 11.3 Å². The van der Waals surface area contributed by atoms with Crippen molar-refractivity contribution in [3.8, 4) is 11.3 Å². The van der Waals surface area contributed by atoms with Crippen LogP contribution < -0.4 is 0 Å². The summed E-state index contributed by atoms with van der Waals surface area (Å²) in [5, 5.41) is 12.6. The fraction of sp³-hybridized carbons (Fsp3) is 0.176. The highest BCUT2D eigenvalue weighted by Gasteiger charge is 2.17. The van der Waals surface area contributed by atoms with Gasteiger partial charge in [0.15, 0.2) is 5.65 Å². The van der Waals surface area contributed by atoms with Crippen LogP contribution in [0.5, 0.6) is 0 Å². The van der Waals surface area contributed by atoms with Gasteiger partial charge in [0.1, 0.15) is 5.65 Å². The molecule has 1 atom stereocenters. The van der Waals surface area contributed by atoms with E-state index in [0.717, 1.165) is 22.5 Å². The molecule has 5 rings (SSSR count). The standard InChI is InChI=1S/C17H15N9/c1-11(12-3-4-15-18-5-6-25(15)10-12)26-17-16(22-23-26)19-8-14(21-17)13-7-20-24(2)9-13/h3-11H,1-2H3/t11-/m0/s1. The van der Waals surface area contributed by atoms with Crippen molar-refractivity contribution in [2.75, 3.05) is 0 Å². The van der Waals surface area contributed by atoms with Crippen LogP contribution in [0.4, 0.5) is 0 Å². The van der Waals surface area contributed by atoms with Gasteiger partial charge < -0.3 is 4.40 Å². The zero-order chi connectivity index (χ0) is 17.7. The molecule has 26 heavy (non-hydrogen) atoms. The van der Waals surface area contributed by atoms with E-state index < -0.39 is 0 Å². The number of hydrogen-bond acceptors (Lipinski definition) is 6. The average Bonchev–Trinajstić information content (AvgIpc) is 3.38. The van der Waals surface area contributed by atoms with E-state index in [0.29, 0.717) is 11.3 Å². The van der Waals surface area contributed by atoms with Gasteiger partial charge in [-0.05, 0) is 18.6 Å². The van der Waals surface area contributed by atoms with Crippen molar-refractivity contribution in [2.45, 2.75) is 13.0 Å². The minimum absolute atomic E-state index is 0.0507. The number of rotatable bonds is 3. The van der Waals surface area contributed by atoms with E-state index in [1.54, 1.807) is 28.0 Å². The molecule has 0 saturated carbocycles. The minimum atomic E-state index is -0.0507. The van der Waals surface area contributed by atoms with E-state index >= 15 is 0 Å². The van der Waals surface area contributed by atoms with Crippen LogP contribution in [-0.2, 0) is 7.05 Å². The first-order chi connectivity index (χ1) is 12.7. The Morgan fingerprint density at radius 3 is 2.85 bits per heavy atom. The summed E-state index contributed by atoms with van der Waals surface area (Å²) < 4.78 is 5.51. The van der Waals surface area contributed by atoms with Crippen LogP contribution in [0.2, 0.25) is 0 Å². The maximum absolute atomic E-state index is 4.72. The molecule has 0 radical (unpaired) electrons. The van der Waals surface area contributed by atoms with Crippen LogP contribution in [0.15, 0.2) is 49.3 Å². The van der Waals surface area contributed by atoms with Crippen LogP contribution >= 0.6 is 0 Å². The van der Waals surface area contributed by atoms with Crippen LogP contribution in [-0.4, -0.2) is 44.1 Å². The van der Waals surface area contributed by atoms with Crippen LogP contribution in [0.1, 0.15) is 18.5 Å². The van der Waals surface area contributed by atoms with Gasteiger partial charge in [0, 0.05) is 37.4 Å². The predicted octanol–water partition coefficient (Wildman–Crippen LogP) is 1.88. The summed E-state index contributed by atoms with van der Waals surface area (Å²) in [5.41, 5.74) is 4.80. The molecule has 0 fully saturated rings. The normalized spacial score (nSPS) is 12.8. The molecule has 0 amide bonds. The lowest BCUT2D eigenvalue weighted by atomic mass is 10.1. The van der Waals surface area contributed by atoms with Crippen LogP contribution in [0.25, 0.3) is 28.2 Å². The largest absolute Gasteiger partial charge is 0.307 e. The summed E-state index contributed by atoms with van der Waals surface area (Å²) >= 11 is 0. The molecule has 0 aliphatic rings. The van der Waals surface area contributed by atoms with Crippen molar-refractivity contribution < 1.29 is 0 Å². The fourth-order valence-corrected chi connectivity index (χ4v) is 3.01. The highest BCUT2D eigenvalue weighted by atomic mass is 15.5. The average molecular weight is 345 g/mol. The lowest BCUT2D eigenvalue weighted by Crippen LogP contribution is -2.10. The molecule has 5 heterocycles. The minimum Gasteiger partial charge on any atom is -0.307 e. The molecule has 5 aromatic heterocycles. The van der Waals surface area contributed by atoms with Gasteiger partial charge in [-0.2, -0.15) is 5.10 Å². The van der Waals surface area contributed by atoms with E-state index in [1.165, 1.54) is 0 Å². The maximum Gasteiger partial charge on any atom is 0.221 e. The monoisotopic (exact) mass is 345 g/mol. The van der Waals surface area contributed by atoms with Gasteiger partial charge in [0.05, 0.1) is 24.1 Å². The second-order valence-corrected chi connectivity index (χ2v) is 6.17. The predicted molar refractivity (Wildman–Crippen MR) is 94.3 cm³/mol. The summed E-state index contributed by atoms with van der Waals surface area (Å²) in [7, 11) is 1.87. The molecule has 9 heteroatoms. The highest BCUT2D eigenvalue weighted by molar-refractivity contribution is 5.69. The first-order valence-corrected chi connectivity index (χ1v) is 8.18. The lowest BCUT2D eigenvalue weighted by Gasteiger charge is -2.12. The number of imidazole rings is 1. The van der Waals surface area contributed by atoms with Gasteiger partial charge in [-0.3, -0.25) is 4.68 Å². The zero-order valence-electron chi connectivity index (χ0n) is 14.2. The van der Waals surface area contributed by atoms with Gasteiger partial charge in [-0.25, -0.2) is 19.6 Å². The molecule has 9 nitrogen and oxygen atoms in total. The van der Waals surface area contributed by atoms with E-state index in [1.807, 2.05) is 42.2 Å². The van der Waals surface area contributed by atoms with E-state index in [-0.39, 0.29) is 6.04 Å². The van der Waals surface area contributed by atoms with Crippen molar-refractivity contribution in [1.82, 2.24) is 44.1 Å². The topological polar surface area (TPSA) is 91.6 Å². The Hall–Kier alpha value is -3.62. The third kappa shape index (κ3) is 2.25. The van der Waals surface area contributed by atoms with E-state index in [2.05, 4.69) is 32.3 Å². The molecule has 0 unspecified atom stereocenters. The number of pyridine rings is 1. The SMILES string of the molecule is C[C@@H](c1ccc2nccn2c1)n1nnc2ncc(-c3cnn(C)c3)nc21. The molecule has 0 saturated heterocycles. The number of aromatic nitrogens is 9. The summed E-state index contributed by atoms with van der Waals surface area (Å²) in [6, 6.07) is 3.97. The molecular weight excluding hydrogens is 330 g/mol. The van der Waals surface area contributed by atoms with Gasteiger partial charge >= 0.3 is 0 Å². The van der Waals surface area contributed by atoms with Crippen molar-refractivity contribution in [1.29, 1.82) is 0 Å². The molecule has 0 aliphatic heterocycles. The summed E-state index contributed by atoms with van der Waals surface area (Å²) in [6.07, 6.45) is 11.1. The molecule has 0 bridgehead atoms. The second kappa shape index (κ2) is 5.45. The van der Waals surface area contributed by atoms with Crippen molar-refractivity contribution in [2.24, 2.45) is 7.05 Å². The lowest BCUT2D eigenvalue weighted by molar-refractivity contribution is 0.554. The molecule has 0 aliphatic carbocycles. The Balaban J connectivity index is 1.61. The van der Waals surface area contributed by atoms with Crippen molar-refractivity contribution in [3.63, 3.8) is 0 Å². The molecule has 5 aromatic rings. The Kier molecular flexibility index (Phi) is 3.08. The smallest absolute Gasteiger partial charge is 0.221 e. The molecular formula is C17H15N9. The van der Waals surface area contributed by atoms with E-state index in [4.69, 9.17) is 4.98 Å². The quantitative estimate of drug-likeness (QED) is 0.496. The number of nitrogens with zero attached hydrogens (tertiary/aromatic N) is 9. The Morgan fingerprint density at radius 2 is 2.00 bits per heavy atom. The Morgan fingerprint density at radius 1 is 1.08 bits per heavy atom. The van der Waals surface area contributed by atoms with Crippen LogP contribution in [0, 0.1) is 0 Å².